The van der Waals surface area contributed by atoms with Gasteiger partial charge in [-0.15, -0.1) is 0 Å². The smallest absolute Gasteiger partial charge is 0.0843 e. The maximum Gasteiger partial charge on any atom is 0.0843 e. The minimum atomic E-state index is -0.401. The van der Waals surface area contributed by atoms with Crippen molar-refractivity contribution in [3.8, 4) is 0 Å². The third-order valence-electron chi connectivity index (χ3n) is 2.54. The summed E-state index contributed by atoms with van der Waals surface area (Å²) in [6.07, 6.45) is -0.401. The van der Waals surface area contributed by atoms with Gasteiger partial charge in [0.15, 0.2) is 0 Å². The first kappa shape index (κ1) is 10.4. The Kier molecular flexibility index (Phi) is 3.12. The van der Waals surface area contributed by atoms with Gasteiger partial charge in [0.2, 0.25) is 0 Å². The van der Waals surface area contributed by atoms with Crippen LogP contribution in [0.15, 0.2) is 22.7 Å². The van der Waals surface area contributed by atoms with Crippen molar-refractivity contribution in [2.45, 2.75) is 6.10 Å². The summed E-state index contributed by atoms with van der Waals surface area (Å²) in [5.41, 5.74) is 0.893. The van der Waals surface area contributed by atoms with Gasteiger partial charge in [0.25, 0.3) is 0 Å². The summed E-state index contributed by atoms with van der Waals surface area (Å²) >= 11 is 9.27. The van der Waals surface area contributed by atoms with E-state index in [-0.39, 0.29) is 0 Å². The van der Waals surface area contributed by atoms with Crippen LogP contribution < -0.4 is 5.32 Å². The fourth-order valence-corrected chi connectivity index (χ4v) is 1.94. The molecule has 0 aliphatic carbocycles. The second-order valence-corrected chi connectivity index (χ2v) is 4.80. The largest absolute Gasteiger partial charge is 0.388 e. The lowest BCUT2D eigenvalue weighted by Gasteiger charge is -2.31. The van der Waals surface area contributed by atoms with Crippen molar-refractivity contribution in [2.75, 3.05) is 13.1 Å². The number of halogens is 2. The van der Waals surface area contributed by atoms with Crippen LogP contribution >= 0.6 is 27.5 Å². The van der Waals surface area contributed by atoms with E-state index in [4.69, 9.17) is 11.6 Å². The highest BCUT2D eigenvalue weighted by molar-refractivity contribution is 9.10. The molecule has 1 aliphatic heterocycles. The van der Waals surface area contributed by atoms with E-state index in [1.54, 1.807) is 0 Å². The molecule has 4 heteroatoms. The molecule has 1 atom stereocenters. The van der Waals surface area contributed by atoms with E-state index in [1.807, 2.05) is 18.2 Å². The molecule has 2 rings (SSSR count). The minimum absolute atomic E-state index is 0.326. The van der Waals surface area contributed by atoms with Crippen LogP contribution in [0.3, 0.4) is 0 Å². The predicted molar refractivity (Wildman–Crippen MR) is 60.5 cm³/mol. The molecule has 1 unspecified atom stereocenters. The predicted octanol–water partition coefficient (Wildman–Crippen LogP) is 2.36. The molecule has 0 amide bonds. The lowest BCUT2D eigenvalue weighted by atomic mass is 9.91. The Morgan fingerprint density at radius 3 is 2.71 bits per heavy atom. The fraction of sp³-hybridized carbons (Fsp3) is 0.400. The summed E-state index contributed by atoms with van der Waals surface area (Å²) in [6, 6.07) is 5.58. The van der Waals surface area contributed by atoms with E-state index in [0.29, 0.717) is 10.9 Å². The van der Waals surface area contributed by atoms with Crippen LogP contribution in [-0.4, -0.2) is 18.2 Å². The minimum Gasteiger partial charge on any atom is -0.388 e. The Labute approximate surface area is 96.4 Å². The second kappa shape index (κ2) is 4.19. The third kappa shape index (κ3) is 1.96. The molecule has 2 nitrogen and oxygen atoms in total. The highest BCUT2D eigenvalue weighted by Crippen LogP contribution is 2.30. The van der Waals surface area contributed by atoms with Gasteiger partial charge < -0.3 is 10.4 Å². The van der Waals surface area contributed by atoms with Crippen LogP contribution in [0.1, 0.15) is 11.7 Å². The second-order valence-electron chi connectivity index (χ2n) is 3.54. The molecular formula is C10H11BrClNO. The molecule has 76 valence electrons. The average Bonchev–Trinajstić information content (AvgIpc) is 2.06. The van der Waals surface area contributed by atoms with Crippen molar-refractivity contribution >= 4 is 27.5 Å². The molecule has 2 N–H and O–H groups in total. The van der Waals surface area contributed by atoms with Crippen molar-refractivity contribution in [1.82, 2.24) is 5.32 Å². The maximum absolute atomic E-state index is 9.94. The Morgan fingerprint density at radius 1 is 1.50 bits per heavy atom. The summed E-state index contributed by atoms with van der Waals surface area (Å²) in [4.78, 5) is 0. The van der Waals surface area contributed by atoms with Gasteiger partial charge >= 0.3 is 0 Å². The van der Waals surface area contributed by atoms with Gasteiger partial charge in [0, 0.05) is 23.5 Å². The standard InChI is InChI=1S/C10H11BrClNO/c11-8-2-1-6(3-9(8)12)10(14)7-4-13-5-7/h1-3,7,10,13-14H,4-5H2. The van der Waals surface area contributed by atoms with E-state index >= 15 is 0 Å². The Balaban J connectivity index is 2.18. The highest BCUT2D eigenvalue weighted by atomic mass is 79.9. The van der Waals surface area contributed by atoms with Crippen LogP contribution in [0.4, 0.5) is 0 Å². The zero-order chi connectivity index (χ0) is 10.1. The van der Waals surface area contributed by atoms with Gasteiger partial charge in [-0.1, -0.05) is 17.7 Å². The van der Waals surface area contributed by atoms with Gasteiger partial charge in [-0.2, -0.15) is 0 Å². The number of rotatable bonds is 2. The zero-order valence-electron chi connectivity index (χ0n) is 7.50. The van der Waals surface area contributed by atoms with Crippen molar-refractivity contribution in [3.05, 3.63) is 33.3 Å². The van der Waals surface area contributed by atoms with E-state index in [0.717, 1.165) is 23.1 Å². The van der Waals surface area contributed by atoms with Crippen LogP contribution in [0.2, 0.25) is 5.02 Å². The molecule has 0 radical (unpaired) electrons. The van der Waals surface area contributed by atoms with Crippen LogP contribution in [0.5, 0.6) is 0 Å². The zero-order valence-corrected chi connectivity index (χ0v) is 9.85. The summed E-state index contributed by atoms with van der Waals surface area (Å²) in [6.45, 7) is 1.77. The van der Waals surface area contributed by atoms with Crippen LogP contribution in [0, 0.1) is 5.92 Å². The molecule has 1 aromatic carbocycles. The quantitative estimate of drug-likeness (QED) is 0.869. The third-order valence-corrected chi connectivity index (χ3v) is 3.78. The summed E-state index contributed by atoms with van der Waals surface area (Å²) < 4.78 is 0.863. The van der Waals surface area contributed by atoms with Gasteiger partial charge in [-0.05, 0) is 33.6 Å². The van der Waals surface area contributed by atoms with E-state index in [1.165, 1.54) is 0 Å². The highest BCUT2D eigenvalue weighted by Gasteiger charge is 2.26. The van der Waals surface area contributed by atoms with E-state index in [9.17, 15) is 5.11 Å². The molecule has 1 saturated heterocycles. The molecule has 0 aromatic heterocycles. The molecule has 1 aliphatic rings. The number of nitrogens with one attached hydrogen (secondary N) is 1. The van der Waals surface area contributed by atoms with Crippen molar-refractivity contribution in [2.24, 2.45) is 5.92 Å². The average molecular weight is 277 g/mol. The molecule has 0 bridgehead atoms. The molecule has 1 heterocycles. The van der Waals surface area contributed by atoms with E-state index < -0.39 is 6.10 Å². The summed E-state index contributed by atoms with van der Waals surface area (Å²) in [5.74, 6) is 0.326. The molecule has 14 heavy (non-hydrogen) atoms. The first-order chi connectivity index (χ1) is 6.68. The van der Waals surface area contributed by atoms with Gasteiger partial charge in [-0.25, -0.2) is 0 Å². The molecule has 1 aromatic rings. The monoisotopic (exact) mass is 275 g/mol. The number of benzene rings is 1. The molecule has 0 saturated carbocycles. The number of hydrogen-bond acceptors (Lipinski definition) is 2. The number of hydrogen-bond donors (Lipinski definition) is 2. The summed E-state index contributed by atoms with van der Waals surface area (Å²) in [5, 5.41) is 13.7. The van der Waals surface area contributed by atoms with Gasteiger partial charge in [-0.3, -0.25) is 0 Å². The first-order valence-corrected chi connectivity index (χ1v) is 5.69. The van der Waals surface area contributed by atoms with Gasteiger partial charge in [0.05, 0.1) is 11.1 Å². The summed E-state index contributed by atoms with van der Waals surface area (Å²) in [7, 11) is 0. The lowest BCUT2D eigenvalue weighted by Crippen LogP contribution is -2.45. The first-order valence-electron chi connectivity index (χ1n) is 4.52. The Hall–Kier alpha value is -0.0900. The molecular weight excluding hydrogens is 265 g/mol. The van der Waals surface area contributed by atoms with Crippen molar-refractivity contribution in [1.29, 1.82) is 0 Å². The maximum atomic E-state index is 9.94. The SMILES string of the molecule is OC(c1ccc(Br)c(Cl)c1)C1CNC1. The molecule has 0 spiro atoms. The van der Waals surface area contributed by atoms with Crippen LogP contribution in [0.25, 0.3) is 0 Å². The Morgan fingerprint density at radius 2 is 2.21 bits per heavy atom. The fourth-order valence-electron chi connectivity index (χ4n) is 1.50. The van der Waals surface area contributed by atoms with Crippen molar-refractivity contribution in [3.63, 3.8) is 0 Å². The molecule has 1 fully saturated rings. The normalized spacial score (nSPS) is 19.1. The van der Waals surface area contributed by atoms with Crippen molar-refractivity contribution < 1.29 is 5.11 Å². The van der Waals surface area contributed by atoms with Crippen LogP contribution in [-0.2, 0) is 0 Å². The number of aliphatic hydroxyl groups excluding tert-OH is 1. The lowest BCUT2D eigenvalue weighted by molar-refractivity contribution is 0.0767. The Bertz CT molecular complexity index is 341. The topological polar surface area (TPSA) is 32.3 Å². The van der Waals surface area contributed by atoms with E-state index in [2.05, 4.69) is 21.2 Å². The van der Waals surface area contributed by atoms with Gasteiger partial charge in [0.1, 0.15) is 0 Å². The number of aliphatic hydroxyl groups is 1.